The van der Waals surface area contributed by atoms with Crippen molar-refractivity contribution in [1.29, 1.82) is 0 Å². The SMILES string of the molecule is CC(O)Cc1nc2cc3c(cc2cc1N)OCO3. The van der Waals surface area contributed by atoms with Gasteiger partial charge in [0.2, 0.25) is 6.79 Å². The molecule has 1 unspecified atom stereocenters. The summed E-state index contributed by atoms with van der Waals surface area (Å²) in [4.78, 5) is 4.47. The van der Waals surface area contributed by atoms with Gasteiger partial charge in [0.15, 0.2) is 11.5 Å². The zero-order chi connectivity index (χ0) is 12.7. The van der Waals surface area contributed by atoms with E-state index in [2.05, 4.69) is 4.98 Å². The minimum atomic E-state index is -0.466. The number of aliphatic hydroxyl groups is 1. The van der Waals surface area contributed by atoms with Crippen molar-refractivity contribution in [3.05, 3.63) is 23.9 Å². The van der Waals surface area contributed by atoms with Crippen LogP contribution in [0.5, 0.6) is 11.5 Å². The third kappa shape index (κ3) is 1.82. The highest BCUT2D eigenvalue weighted by atomic mass is 16.7. The van der Waals surface area contributed by atoms with Gasteiger partial charge < -0.3 is 20.3 Å². The van der Waals surface area contributed by atoms with E-state index in [0.717, 1.165) is 10.9 Å². The zero-order valence-electron chi connectivity index (χ0n) is 10.0. The number of anilines is 1. The molecule has 94 valence electrons. The van der Waals surface area contributed by atoms with E-state index >= 15 is 0 Å². The number of hydrogen-bond donors (Lipinski definition) is 2. The molecule has 0 saturated carbocycles. The second kappa shape index (κ2) is 4.03. The van der Waals surface area contributed by atoms with Gasteiger partial charge in [-0.2, -0.15) is 0 Å². The predicted molar refractivity (Wildman–Crippen MR) is 67.7 cm³/mol. The molecule has 1 aromatic carbocycles. The number of rotatable bonds is 2. The predicted octanol–water partition coefficient (Wildman–Crippen LogP) is 1.47. The van der Waals surface area contributed by atoms with Crippen LogP contribution in [0.1, 0.15) is 12.6 Å². The van der Waals surface area contributed by atoms with Crippen LogP contribution < -0.4 is 15.2 Å². The zero-order valence-corrected chi connectivity index (χ0v) is 10.0. The van der Waals surface area contributed by atoms with Crippen LogP contribution in [-0.4, -0.2) is 23.0 Å². The largest absolute Gasteiger partial charge is 0.454 e. The topological polar surface area (TPSA) is 77.6 Å². The van der Waals surface area contributed by atoms with E-state index < -0.39 is 6.10 Å². The first-order valence-electron chi connectivity index (χ1n) is 5.80. The Balaban J connectivity index is 2.13. The highest BCUT2D eigenvalue weighted by Gasteiger charge is 2.16. The molecule has 0 amide bonds. The summed E-state index contributed by atoms with van der Waals surface area (Å²) < 4.78 is 10.6. The van der Waals surface area contributed by atoms with Crippen molar-refractivity contribution >= 4 is 16.6 Å². The fourth-order valence-corrected chi connectivity index (χ4v) is 2.06. The number of aromatic nitrogens is 1. The number of aliphatic hydroxyl groups excluding tert-OH is 1. The molecule has 0 bridgehead atoms. The van der Waals surface area contributed by atoms with Crippen LogP contribution >= 0.6 is 0 Å². The van der Waals surface area contributed by atoms with E-state index in [9.17, 15) is 5.11 Å². The molecule has 0 spiro atoms. The van der Waals surface area contributed by atoms with Crippen molar-refractivity contribution in [3.8, 4) is 11.5 Å². The summed E-state index contributed by atoms with van der Waals surface area (Å²) >= 11 is 0. The first-order valence-corrected chi connectivity index (χ1v) is 5.80. The van der Waals surface area contributed by atoms with Crippen molar-refractivity contribution in [2.24, 2.45) is 0 Å². The summed E-state index contributed by atoms with van der Waals surface area (Å²) in [5.41, 5.74) is 8.02. The number of pyridine rings is 1. The quantitative estimate of drug-likeness (QED) is 0.839. The van der Waals surface area contributed by atoms with Gasteiger partial charge in [0.1, 0.15) is 0 Å². The molecular weight excluding hydrogens is 232 g/mol. The molecule has 2 heterocycles. The lowest BCUT2D eigenvalue weighted by Gasteiger charge is -2.09. The van der Waals surface area contributed by atoms with Crippen molar-refractivity contribution in [1.82, 2.24) is 4.98 Å². The summed E-state index contributed by atoms with van der Waals surface area (Å²) in [5, 5.41) is 10.3. The van der Waals surface area contributed by atoms with Gasteiger partial charge in [-0.05, 0) is 19.1 Å². The van der Waals surface area contributed by atoms with E-state index in [0.29, 0.717) is 29.3 Å². The summed E-state index contributed by atoms with van der Waals surface area (Å²) in [6.45, 7) is 1.95. The average Bonchev–Trinajstić information content (AvgIpc) is 2.73. The van der Waals surface area contributed by atoms with E-state index in [1.807, 2.05) is 18.2 Å². The Morgan fingerprint density at radius 1 is 1.33 bits per heavy atom. The van der Waals surface area contributed by atoms with Crippen molar-refractivity contribution < 1.29 is 14.6 Å². The highest BCUT2D eigenvalue weighted by Crippen LogP contribution is 2.36. The van der Waals surface area contributed by atoms with Gasteiger partial charge in [0.05, 0.1) is 23.0 Å². The first kappa shape index (κ1) is 11.1. The molecule has 0 saturated heterocycles. The molecule has 1 aliphatic rings. The van der Waals surface area contributed by atoms with Gasteiger partial charge in [-0.3, -0.25) is 4.98 Å². The number of hydrogen-bond acceptors (Lipinski definition) is 5. The molecule has 1 atom stereocenters. The molecule has 1 aromatic heterocycles. The lowest BCUT2D eigenvalue weighted by Crippen LogP contribution is -2.08. The van der Waals surface area contributed by atoms with E-state index in [4.69, 9.17) is 15.2 Å². The van der Waals surface area contributed by atoms with Crippen LogP contribution in [0.15, 0.2) is 18.2 Å². The Bertz CT molecular complexity index is 611. The Morgan fingerprint density at radius 2 is 2.06 bits per heavy atom. The number of nitrogen functional groups attached to an aromatic ring is 1. The summed E-state index contributed by atoms with van der Waals surface area (Å²) in [5.74, 6) is 1.41. The van der Waals surface area contributed by atoms with Gasteiger partial charge in [0.25, 0.3) is 0 Å². The van der Waals surface area contributed by atoms with Crippen LogP contribution in [0.3, 0.4) is 0 Å². The average molecular weight is 246 g/mol. The Hall–Kier alpha value is -2.01. The number of fused-ring (bicyclic) bond motifs is 2. The van der Waals surface area contributed by atoms with Gasteiger partial charge in [-0.15, -0.1) is 0 Å². The monoisotopic (exact) mass is 246 g/mol. The Labute approximate surface area is 104 Å². The molecule has 3 rings (SSSR count). The molecule has 0 fully saturated rings. The molecule has 0 aliphatic carbocycles. The molecule has 0 radical (unpaired) electrons. The number of nitrogens with zero attached hydrogens (tertiary/aromatic N) is 1. The van der Waals surface area contributed by atoms with Gasteiger partial charge in [-0.25, -0.2) is 0 Å². The fraction of sp³-hybridized carbons (Fsp3) is 0.308. The Kier molecular flexibility index (Phi) is 2.48. The second-order valence-electron chi connectivity index (χ2n) is 4.48. The minimum Gasteiger partial charge on any atom is -0.454 e. The molecule has 5 heteroatoms. The molecule has 5 nitrogen and oxygen atoms in total. The van der Waals surface area contributed by atoms with E-state index in [1.165, 1.54) is 0 Å². The molecule has 2 aromatic rings. The molecule has 3 N–H and O–H groups in total. The lowest BCUT2D eigenvalue weighted by molar-refractivity contribution is 0.174. The van der Waals surface area contributed by atoms with Crippen molar-refractivity contribution in [3.63, 3.8) is 0 Å². The standard InChI is InChI=1S/C13H14N2O3/c1-7(16)2-11-9(14)3-8-4-12-13(18-6-17-12)5-10(8)15-11/h3-5,7,16H,2,6,14H2,1H3. The maximum atomic E-state index is 9.42. The summed E-state index contributed by atoms with van der Waals surface area (Å²) in [7, 11) is 0. The molecular formula is C13H14N2O3. The van der Waals surface area contributed by atoms with Crippen molar-refractivity contribution in [2.75, 3.05) is 12.5 Å². The highest BCUT2D eigenvalue weighted by molar-refractivity contribution is 5.85. The van der Waals surface area contributed by atoms with E-state index in [1.54, 1.807) is 6.92 Å². The molecule has 18 heavy (non-hydrogen) atoms. The second-order valence-corrected chi connectivity index (χ2v) is 4.48. The normalized spacial score (nSPS) is 15.0. The minimum absolute atomic E-state index is 0.238. The molecule has 1 aliphatic heterocycles. The van der Waals surface area contributed by atoms with Gasteiger partial charge in [0, 0.05) is 17.9 Å². The lowest BCUT2D eigenvalue weighted by atomic mass is 10.1. The fourth-order valence-electron chi connectivity index (χ4n) is 2.06. The van der Waals surface area contributed by atoms with Crippen LogP contribution in [0.25, 0.3) is 10.9 Å². The third-order valence-corrected chi connectivity index (χ3v) is 2.91. The van der Waals surface area contributed by atoms with E-state index in [-0.39, 0.29) is 6.79 Å². The Morgan fingerprint density at radius 3 is 2.78 bits per heavy atom. The van der Waals surface area contributed by atoms with Crippen LogP contribution in [0, 0.1) is 0 Å². The smallest absolute Gasteiger partial charge is 0.231 e. The van der Waals surface area contributed by atoms with Crippen LogP contribution in [0.4, 0.5) is 5.69 Å². The number of nitrogens with two attached hydrogens (primary N) is 1. The van der Waals surface area contributed by atoms with Crippen molar-refractivity contribution in [2.45, 2.75) is 19.4 Å². The van der Waals surface area contributed by atoms with Crippen LogP contribution in [0.2, 0.25) is 0 Å². The van der Waals surface area contributed by atoms with Crippen LogP contribution in [-0.2, 0) is 6.42 Å². The third-order valence-electron chi connectivity index (χ3n) is 2.91. The maximum absolute atomic E-state index is 9.42. The van der Waals surface area contributed by atoms with Gasteiger partial charge in [-0.1, -0.05) is 0 Å². The number of benzene rings is 1. The maximum Gasteiger partial charge on any atom is 0.231 e. The summed E-state index contributed by atoms with van der Waals surface area (Å²) in [6, 6.07) is 5.55. The van der Waals surface area contributed by atoms with Gasteiger partial charge >= 0.3 is 0 Å². The summed E-state index contributed by atoms with van der Waals surface area (Å²) in [6.07, 6.45) is -0.0257. The first-order chi connectivity index (χ1) is 8.63. The number of ether oxygens (including phenoxy) is 2.